The Kier molecular flexibility index (Phi) is 3.47. The molecule has 1 aliphatic carbocycles. The van der Waals surface area contributed by atoms with Crippen molar-refractivity contribution in [1.29, 1.82) is 0 Å². The standard InChI is InChI=1S/C14H20FN/c1-3-11-7-8-12(9-11)16-14-6-4-5-13(15)10(14)2/h4-6,11-12,16H,3,7-9H2,1-2H3. The number of nitrogens with one attached hydrogen (secondary N) is 1. The molecule has 1 nitrogen and oxygen atoms in total. The van der Waals surface area contributed by atoms with E-state index in [2.05, 4.69) is 12.2 Å². The maximum absolute atomic E-state index is 13.4. The Morgan fingerprint density at radius 3 is 2.88 bits per heavy atom. The van der Waals surface area contributed by atoms with Crippen molar-refractivity contribution >= 4 is 5.69 Å². The van der Waals surface area contributed by atoms with Crippen LogP contribution < -0.4 is 5.32 Å². The van der Waals surface area contributed by atoms with Crippen molar-refractivity contribution in [2.75, 3.05) is 5.32 Å². The van der Waals surface area contributed by atoms with Gasteiger partial charge in [-0.25, -0.2) is 4.39 Å². The Bertz CT molecular complexity index is 362. The number of rotatable bonds is 3. The topological polar surface area (TPSA) is 12.0 Å². The smallest absolute Gasteiger partial charge is 0.128 e. The van der Waals surface area contributed by atoms with E-state index in [1.165, 1.54) is 31.7 Å². The zero-order valence-electron chi connectivity index (χ0n) is 10.1. The van der Waals surface area contributed by atoms with Gasteiger partial charge in [0, 0.05) is 17.3 Å². The Morgan fingerprint density at radius 2 is 2.19 bits per heavy atom. The van der Waals surface area contributed by atoms with Gasteiger partial charge in [-0.3, -0.25) is 0 Å². The van der Waals surface area contributed by atoms with E-state index in [0.29, 0.717) is 6.04 Å². The van der Waals surface area contributed by atoms with Crippen LogP contribution in [0.15, 0.2) is 18.2 Å². The zero-order chi connectivity index (χ0) is 11.5. The molecule has 16 heavy (non-hydrogen) atoms. The van der Waals surface area contributed by atoms with Gasteiger partial charge in [-0.05, 0) is 44.2 Å². The van der Waals surface area contributed by atoms with Gasteiger partial charge in [0.1, 0.15) is 5.82 Å². The monoisotopic (exact) mass is 221 g/mol. The van der Waals surface area contributed by atoms with Crippen LogP contribution in [0.5, 0.6) is 0 Å². The first-order valence-corrected chi connectivity index (χ1v) is 6.22. The molecular weight excluding hydrogens is 201 g/mol. The van der Waals surface area contributed by atoms with Crippen molar-refractivity contribution in [2.24, 2.45) is 5.92 Å². The Balaban J connectivity index is 2.02. The molecule has 1 aliphatic rings. The molecule has 1 N–H and O–H groups in total. The minimum Gasteiger partial charge on any atom is -0.382 e. The summed E-state index contributed by atoms with van der Waals surface area (Å²) in [5.41, 5.74) is 1.70. The van der Waals surface area contributed by atoms with E-state index in [1.807, 2.05) is 13.0 Å². The van der Waals surface area contributed by atoms with Crippen LogP contribution in [0.4, 0.5) is 10.1 Å². The third kappa shape index (κ3) is 2.37. The van der Waals surface area contributed by atoms with Crippen molar-refractivity contribution in [2.45, 2.75) is 45.6 Å². The molecule has 1 fully saturated rings. The van der Waals surface area contributed by atoms with E-state index < -0.39 is 0 Å². The van der Waals surface area contributed by atoms with E-state index in [1.54, 1.807) is 6.07 Å². The molecule has 0 amide bonds. The molecule has 1 aromatic carbocycles. The molecule has 2 rings (SSSR count). The van der Waals surface area contributed by atoms with Crippen molar-refractivity contribution in [1.82, 2.24) is 0 Å². The fourth-order valence-corrected chi connectivity index (χ4v) is 2.56. The van der Waals surface area contributed by atoms with Gasteiger partial charge in [0.05, 0.1) is 0 Å². The summed E-state index contributed by atoms with van der Waals surface area (Å²) in [6.07, 6.45) is 5.02. The highest BCUT2D eigenvalue weighted by Crippen LogP contribution is 2.31. The highest BCUT2D eigenvalue weighted by molar-refractivity contribution is 5.51. The molecule has 1 saturated carbocycles. The molecule has 0 spiro atoms. The maximum Gasteiger partial charge on any atom is 0.128 e. The van der Waals surface area contributed by atoms with Crippen molar-refractivity contribution < 1.29 is 4.39 Å². The SMILES string of the molecule is CCC1CCC(Nc2cccc(F)c2C)C1. The van der Waals surface area contributed by atoms with Crippen LogP contribution in [-0.4, -0.2) is 6.04 Å². The first-order chi connectivity index (χ1) is 7.70. The highest BCUT2D eigenvalue weighted by Gasteiger charge is 2.23. The summed E-state index contributed by atoms with van der Waals surface area (Å²) >= 11 is 0. The molecule has 0 aliphatic heterocycles. The van der Waals surface area contributed by atoms with Crippen molar-refractivity contribution in [3.63, 3.8) is 0 Å². The fourth-order valence-electron chi connectivity index (χ4n) is 2.56. The Morgan fingerprint density at radius 1 is 1.38 bits per heavy atom. The molecule has 2 heteroatoms. The average molecular weight is 221 g/mol. The van der Waals surface area contributed by atoms with Crippen LogP contribution in [0.1, 0.15) is 38.2 Å². The van der Waals surface area contributed by atoms with Crippen LogP contribution in [-0.2, 0) is 0 Å². The van der Waals surface area contributed by atoms with Gasteiger partial charge in [-0.15, -0.1) is 0 Å². The molecule has 1 aromatic rings. The van der Waals surface area contributed by atoms with Crippen LogP contribution in [0.2, 0.25) is 0 Å². The second-order valence-corrected chi connectivity index (χ2v) is 4.84. The van der Waals surface area contributed by atoms with E-state index in [-0.39, 0.29) is 5.82 Å². The minimum absolute atomic E-state index is 0.116. The third-order valence-electron chi connectivity index (χ3n) is 3.75. The molecule has 0 aromatic heterocycles. The Labute approximate surface area is 97.1 Å². The van der Waals surface area contributed by atoms with Crippen LogP contribution in [0.25, 0.3) is 0 Å². The van der Waals surface area contributed by atoms with Gasteiger partial charge >= 0.3 is 0 Å². The first kappa shape index (κ1) is 11.4. The molecule has 0 radical (unpaired) electrons. The van der Waals surface area contributed by atoms with Crippen LogP contribution >= 0.6 is 0 Å². The van der Waals surface area contributed by atoms with E-state index in [4.69, 9.17) is 0 Å². The van der Waals surface area contributed by atoms with E-state index >= 15 is 0 Å². The third-order valence-corrected chi connectivity index (χ3v) is 3.75. The second-order valence-electron chi connectivity index (χ2n) is 4.84. The van der Waals surface area contributed by atoms with Crippen LogP contribution in [0, 0.1) is 18.7 Å². The molecule has 0 bridgehead atoms. The van der Waals surface area contributed by atoms with Gasteiger partial charge in [-0.1, -0.05) is 19.4 Å². The number of hydrogen-bond acceptors (Lipinski definition) is 1. The highest BCUT2D eigenvalue weighted by atomic mass is 19.1. The lowest BCUT2D eigenvalue weighted by Crippen LogP contribution is -2.16. The predicted molar refractivity (Wildman–Crippen MR) is 66.2 cm³/mol. The minimum atomic E-state index is -0.116. The molecule has 0 heterocycles. The van der Waals surface area contributed by atoms with Crippen molar-refractivity contribution in [3.8, 4) is 0 Å². The molecule has 2 unspecified atom stereocenters. The number of hydrogen-bond donors (Lipinski definition) is 1. The maximum atomic E-state index is 13.4. The molecule has 2 atom stereocenters. The number of anilines is 1. The van der Waals surface area contributed by atoms with Gasteiger partial charge in [0.2, 0.25) is 0 Å². The largest absolute Gasteiger partial charge is 0.382 e. The summed E-state index contributed by atoms with van der Waals surface area (Å²) in [6.45, 7) is 4.09. The summed E-state index contributed by atoms with van der Waals surface area (Å²) in [6, 6.07) is 5.80. The van der Waals surface area contributed by atoms with E-state index in [0.717, 1.165) is 17.2 Å². The summed E-state index contributed by atoms with van der Waals surface area (Å²) in [5, 5.41) is 3.47. The zero-order valence-corrected chi connectivity index (χ0v) is 10.1. The quantitative estimate of drug-likeness (QED) is 0.809. The summed E-state index contributed by atoms with van der Waals surface area (Å²) in [4.78, 5) is 0. The summed E-state index contributed by atoms with van der Waals surface area (Å²) in [5.74, 6) is 0.737. The van der Waals surface area contributed by atoms with Crippen molar-refractivity contribution in [3.05, 3.63) is 29.6 Å². The lowest BCUT2D eigenvalue weighted by molar-refractivity contribution is 0.525. The lowest BCUT2D eigenvalue weighted by atomic mass is 10.1. The Hall–Kier alpha value is -1.05. The molecular formula is C14H20FN. The fraction of sp³-hybridized carbons (Fsp3) is 0.571. The normalized spacial score (nSPS) is 24.7. The molecule has 88 valence electrons. The van der Waals surface area contributed by atoms with E-state index in [9.17, 15) is 4.39 Å². The number of halogens is 1. The predicted octanol–water partition coefficient (Wildman–Crippen LogP) is 4.12. The second kappa shape index (κ2) is 4.86. The van der Waals surface area contributed by atoms with Gasteiger partial charge in [0.15, 0.2) is 0 Å². The summed E-state index contributed by atoms with van der Waals surface area (Å²) in [7, 11) is 0. The summed E-state index contributed by atoms with van der Waals surface area (Å²) < 4.78 is 13.4. The first-order valence-electron chi connectivity index (χ1n) is 6.22. The van der Waals surface area contributed by atoms with Gasteiger partial charge in [-0.2, -0.15) is 0 Å². The average Bonchev–Trinajstić information content (AvgIpc) is 2.73. The lowest BCUT2D eigenvalue weighted by Gasteiger charge is -2.16. The molecule has 0 saturated heterocycles. The number of benzene rings is 1. The van der Waals surface area contributed by atoms with Gasteiger partial charge < -0.3 is 5.32 Å². The van der Waals surface area contributed by atoms with Gasteiger partial charge in [0.25, 0.3) is 0 Å². The van der Waals surface area contributed by atoms with Crippen LogP contribution in [0.3, 0.4) is 0 Å².